The van der Waals surface area contributed by atoms with Crippen molar-refractivity contribution in [3.63, 3.8) is 0 Å². The summed E-state index contributed by atoms with van der Waals surface area (Å²) >= 11 is 0. The van der Waals surface area contributed by atoms with Gasteiger partial charge in [0.25, 0.3) is 5.56 Å². The van der Waals surface area contributed by atoms with Gasteiger partial charge in [0.05, 0.1) is 0 Å². The molecule has 1 aromatic heterocycles. The van der Waals surface area contributed by atoms with Crippen LogP contribution < -0.4 is 22.3 Å². The third-order valence-electron chi connectivity index (χ3n) is 2.13. The lowest BCUT2D eigenvalue weighted by Gasteiger charge is -2.11. The van der Waals surface area contributed by atoms with Crippen LogP contribution in [0.15, 0.2) is 9.59 Å². The highest BCUT2D eigenvalue weighted by molar-refractivity contribution is 5.60. The molecule has 0 spiro atoms. The van der Waals surface area contributed by atoms with Crippen molar-refractivity contribution in [1.82, 2.24) is 9.55 Å². The van der Waals surface area contributed by atoms with Crippen LogP contribution in [-0.4, -0.2) is 16.1 Å². The van der Waals surface area contributed by atoms with E-state index >= 15 is 0 Å². The van der Waals surface area contributed by atoms with Crippen LogP contribution in [0, 0.1) is 12.3 Å². The summed E-state index contributed by atoms with van der Waals surface area (Å²) < 4.78 is 1.28. The van der Waals surface area contributed by atoms with E-state index in [9.17, 15) is 9.59 Å². The van der Waals surface area contributed by atoms with E-state index in [0.29, 0.717) is 19.5 Å². The van der Waals surface area contributed by atoms with Crippen molar-refractivity contribution in [2.45, 2.75) is 19.9 Å². The van der Waals surface area contributed by atoms with Gasteiger partial charge in [-0.25, -0.2) is 4.79 Å². The number of aromatic amines is 1. The minimum atomic E-state index is -0.524. The third kappa shape index (κ3) is 2.25. The number of nitrogen functional groups attached to an aromatic ring is 1. The van der Waals surface area contributed by atoms with Crippen molar-refractivity contribution in [2.24, 2.45) is 0 Å². The lowest BCUT2D eigenvalue weighted by atomic mass is 10.4. The molecule has 0 bridgehead atoms. The van der Waals surface area contributed by atoms with Crippen molar-refractivity contribution in [2.75, 3.05) is 17.6 Å². The summed E-state index contributed by atoms with van der Waals surface area (Å²) in [6.45, 7) is 2.60. The molecule has 86 valence electrons. The molecule has 1 heterocycles. The molecule has 6 heteroatoms. The molecule has 6 nitrogen and oxygen atoms in total. The molecule has 0 aliphatic heterocycles. The highest BCUT2D eigenvalue weighted by Crippen LogP contribution is 2.09. The monoisotopic (exact) mass is 222 g/mol. The first kappa shape index (κ1) is 11.9. The third-order valence-corrected chi connectivity index (χ3v) is 2.13. The molecule has 0 radical (unpaired) electrons. The van der Waals surface area contributed by atoms with Crippen LogP contribution in [0.5, 0.6) is 0 Å². The molecule has 0 unspecified atom stereocenters. The van der Waals surface area contributed by atoms with Crippen LogP contribution in [0.25, 0.3) is 0 Å². The maximum Gasteiger partial charge on any atom is 0.330 e. The zero-order chi connectivity index (χ0) is 12.1. The summed E-state index contributed by atoms with van der Waals surface area (Å²) in [5.74, 6) is 2.57. The summed E-state index contributed by atoms with van der Waals surface area (Å²) in [4.78, 5) is 25.0. The van der Waals surface area contributed by atoms with E-state index < -0.39 is 11.2 Å². The van der Waals surface area contributed by atoms with Gasteiger partial charge < -0.3 is 11.1 Å². The van der Waals surface area contributed by atoms with Gasteiger partial charge in [-0.3, -0.25) is 14.3 Å². The second-order valence-corrected chi connectivity index (χ2v) is 3.14. The first-order valence-corrected chi connectivity index (χ1v) is 4.91. The lowest BCUT2D eigenvalue weighted by molar-refractivity contribution is 0.706. The smallest absolute Gasteiger partial charge is 0.330 e. The largest absolute Gasteiger partial charge is 0.383 e. The number of H-pyrrole nitrogens is 1. The predicted molar refractivity (Wildman–Crippen MR) is 63.3 cm³/mol. The van der Waals surface area contributed by atoms with E-state index in [0.717, 1.165) is 0 Å². The van der Waals surface area contributed by atoms with Crippen LogP contribution in [0.3, 0.4) is 0 Å². The Bertz CT molecular complexity index is 521. The molecule has 1 rings (SSSR count). The molecule has 0 atom stereocenters. The number of anilines is 2. The van der Waals surface area contributed by atoms with Crippen molar-refractivity contribution in [1.29, 1.82) is 0 Å². The number of nitrogens with one attached hydrogen (secondary N) is 2. The van der Waals surface area contributed by atoms with Crippen LogP contribution in [0.1, 0.15) is 13.3 Å². The molecule has 0 aliphatic rings. The molecule has 0 saturated carbocycles. The lowest BCUT2D eigenvalue weighted by Crippen LogP contribution is -2.33. The number of terminal acetylenes is 1. The summed E-state index contributed by atoms with van der Waals surface area (Å²) in [5, 5.41) is 2.81. The normalized spacial score (nSPS) is 9.75. The van der Waals surface area contributed by atoms with Crippen molar-refractivity contribution < 1.29 is 0 Å². The average Bonchev–Trinajstić information content (AvgIpc) is 2.23. The van der Waals surface area contributed by atoms with Gasteiger partial charge in [0, 0.05) is 19.5 Å². The molecule has 0 fully saturated rings. The zero-order valence-electron chi connectivity index (χ0n) is 9.04. The van der Waals surface area contributed by atoms with Crippen LogP contribution >= 0.6 is 0 Å². The summed E-state index contributed by atoms with van der Waals surface area (Å²) in [6, 6.07) is 0. The van der Waals surface area contributed by atoms with Gasteiger partial charge in [0.15, 0.2) is 0 Å². The summed E-state index contributed by atoms with van der Waals surface area (Å²) in [7, 11) is 0. The Labute approximate surface area is 92.5 Å². The molecule has 0 saturated heterocycles. The SMILES string of the molecule is C#CCCNc1c(N)n(CC)c(=O)[nH]c1=O. The molecule has 4 N–H and O–H groups in total. The first-order chi connectivity index (χ1) is 7.61. The van der Waals surface area contributed by atoms with Gasteiger partial charge in [-0.2, -0.15) is 0 Å². The van der Waals surface area contributed by atoms with Crippen molar-refractivity contribution >= 4 is 11.5 Å². The second kappa shape index (κ2) is 5.07. The number of nitrogens with zero attached hydrogens (tertiary/aromatic N) is 1. The van der Waals surface area contributed by atoms with Gasteiger partial charge in [0.1, 0.15) is 11.5 Å². The minimum Gasteiger partial charge on any atom is -0.383 e. The Balaban J connectivity index is 3.14. The Hall–Kier alpha value is -2.16. The van der Waals surface area contributed by atoms with Gasteiger partial charge >= 0.3 is 5.69 Å². The van der Waals surface area contributed by atoms with Crippen molar-refractivity contribution in [3.05, 3.63) is 20.8 Å². The first-order valence-electron chi connectivity index (χ1n) is 4.91. The maximum absolute atomic E-state index is 11.5. The summed E-state index contributed by atoms with van der Waals surface area (Å²) in [5.41, 5.74) is 4.87. The Morgan fingerprint density at radius 3 is 2.81 bits per heavy atom. The molecule has 1 aromatic rings. The minimum absolute atomic E-state index is 0.133. The molecule has 0 aliphatic carbocycles. The predicted octanol–water partition coefficient (Wildman–Crippen LogP) is -0.426. The van der Waals surface area contributed by atoms with Gasteiger partial charge in [0.2, 0.25) is 0 Å². The molecular formula is C10H14N4O2. The quantitative estimate of drug-likeness (QED) is 0.476. The van der Waals surface area contributed by atoms with Crippen LogP contribution in [-0.2, 0) is 6.54 Å². The Kier molecular flexibility index (Phi) is 3.78. The van der Waals surface area contributed by atoms with E-state index in [2.05, 4.69) is 16.2 Å². The van der Waals surface area contributed by atoms with Gasteiger partial charge in [-0.15, -0.1) is 12.3 Å². The molecule has 16 heavy (non-hydrogen) atoms. The standard InChI is InChI=1S/C10H14N4O2/c1-3-5-6-12-7-8(11)14(4-2)10(16)13-9(7)15/h1,12H,4-6,11H2,2H3,(H,13,15,16). The fraction of sp³-hybridized carbons (Fsp3) is 0.400. The molecular weight excluding hydrogens is 208 g/mol. The molecule has 0 aromatic carbocycles. The fourth-order valence-electron chi connectivity index (χ4n) is 1.33. The second-order valence-electron chi connectivity index (χ2n) is 3.14. The zero-order valence-corrected chi connectivity index (χ0v) is 9.04. The van der Waals surface area contributed by atoms with E-state index in [1.807, 2.05) is 0 Å². The van der Waals surface area contributed by atoms with E-state index in [-0.39, 0.29) is 11.5 Å². The number of nitrogens with two attached hydrogens (primary N) is 1. The maximum atomic E-state index is 11.5. The average molecular weight is 222 g/mol. The number of hydrogen-bond donors (Lipinski definition) is 3. The number of aromatic nitrogens is 2. The Morgan fingerprint density at radius 1 is 1.56 bits per heavy atom. The topological polar surface area (TPSA) is 92.9 Å². The van der Waals surface area contributed by atoms with Crippen LogP contribution in [0.4, 0.5) is 11.5 Å². The number of rotatable bonds is 4. The van der Waals surface area contributed by atoms with E-state index in [4.69, 9.17) is 12.2 Å². The van der Waals surface area contributed by atoms with E-state index in [1.165, 1.54) is 4.57 Å². The summed E-state index contributed by atoms with van der Waals surface area (Å²) in [6.07, 6.45) is 5.56. The number of hydrogen-bond acceptors (Lipinski definition) is 4. The van der Waals surface area contributed by atoms with E-state index in [1.54, 1.807) is 6.92 Å². The van der Waals surface area contributed by atoms with Gasteiger partial charge in [-0.1, -0.05) is 0 Å². The van der Waals surface area contributed by atoms with Crippen LogP contribution in [0.2, 0.25) is 0 Å². The fourth-order valence-corrected chi connectivity index (χ4v) is 1.33. The highest BCUT2D eigenvalue weighted by Gasteiger charge is 2.09. The van der Waals surface area contributed by atoms with Gasteiger partial charge in [-0.05, 0) is 6.92 Å². The highest BCUT2D eigenvalue weighted by atomic mass is 16.2. The van der Waals surface area contributed by atoms with Crippen molar-refractivity contribution in [3.8, 4) is 12.3 Å². The Morgan fingerprint density at radius 2 is 2.25 bits per heavy atom. The molecule has 0 amide bonds.